The molecule has 0 bridgehead atoms. The number of H-pyrrole nitrogens is 2. The Hall–Kier alpha value is -2.99. The van der Waals surface area contributed by atoms with Gasteiger partial charge in [0.2, 0.25) is 0 Å². The van der Waals surface area contributed by atoms with E-state index in [0.717, 1.165) is 47.6 Å². The minimum absolute atomic E-state index is 0.0877. The van der Waals surface area contributed by atoms with Gasteiger partial charge in [0, 0.05) is 31.1 Å². The van der Waals surface area contributed by atoms with Crippen molar-refractivity contribution in [3.8, 4) is 0 Å². The molecule has 6 heteroatoms. The minimum Gasteiger partial charge on any atom is -0.348 e. The fourth-order valence-corrected chi connectivity index (χ4v) is 4.03. The number of rotatable bonds is 3. The molecule has 0 amide bonds. The van der Waals surface area contributed by atoms with Crippen LogP contribution in [0.2, 0.25) is 0 Å². The van der Waals surface area contributed by atoms with Gasteiger partial charge in [0.15, 0.2) is 0 Å². The van der Waals surface area contributed by atoms with Gasteiger partial charge in [-0.3, -0.25) is 9.88 Å². The number of aryl methyl sites for hydroxylation is 2. The summed E-state index contributed by atoms with van der Waals surface area (Å²) < 4.78 is 0. The predicted octanol–water partition coefficient (Wildman–Crippen LogP) is 3.45. The van der Waals surface area contributed by atoms with Crippen molar-refractivity contribution in [3.05, 3.63) is 76.9 Å². The van der Waals surface area contributed by atoms with Gasteiger partial charge in [-0.2, -0.15) is 0 Å². The van der Waals surface area contributed by atoms with Gasteiger partial charge >= 0.3 is 0 Å². The lowest BCUT2D eigenvalue weighted by Gasteiger charge is -2.34. The van der Waals surface area contributed by atoms with Crippen molar-refractivity contribution < 1.29 is 0 Å². The topological polar surface area (TPSA) is 73.5 Å². The van der Waals surface area contributed by atoms with Gasteiger partial charge < -0.3 is 9.97 Å². The average molecular weight is 358 g/mol. The number of benzene rings is 1. The third-order valence-corrected chi connectivity index (χ3v) is 5.61. The molecular weight excluding hydrogens is 336 g/mol. The minimum atomic E-state index is 0.0877. The maximum Gasteiger partial charge on any atom is 0.121 e. The van der Waals surface area contributed by atoms with Crippen LogP contribution in [0.1, 0.15) is 39.9 Å². The van der Waals surface area contributed by atoms with Gasteiger partial charge in [-0.15, -0.1) is 0 Å². The Morgan fingerprint density at radius 2 is 2.15 bits per heavy atom. The fourth-order valence-electron chi connectivity index (χ4n) is 4.03. The van der Waals surface area contributed by atoms with Gasteiger partial charge in [0.05, 0.1) is 35.6 Å². The standard InChI is InChI=1S/C21H22N6/c1-13-5-6-17-19(14(13)2)26-18(25-17)11-27-9-7-16-20(24-12-23-16)21(27)15-4-3-8-22-10-15/h3-6,8,10,12,21H,7,9,11H2,1-2H3,(H,23,24)(H,25,26)/t21-/m0/s1. The summed E-state index contributed by atoms with van der Waals surface area (Å²) in [5.74, 6) is 0.992. The molecule has 0 aliphatic carbocycles. The smallest absolute Gasteiger partial charge is 0.121 e. The van der Waals surface area contributed by atoms with E-state index in [1.54, 1.807) is 6.33 Å². The molecule has 0 radical (unpaired) electrons. The van der Waals surface area contributed by atoms with E-state index in [0.29, 0.717) is 0 Å². The van der Waals surface area contributed by atoms with Gasteiger partial charge in [0.25, 0.3) is 0 Å². The van der Waals surface area contributed by atoms with Crippen LogP contribution in [0.4, 0.5) is 0 Å². The highest BCUT2D eigenvalue weighted by atomic mass is 15.2. The lowest BCUT2D eigenvalue weighted by atomic mass is 9.97. The first-order chi connectivity index (χ1) is 13.2. The molecular formula is C21H22N6. The van der Waals surface area contributed by atoms with Crippen LogP contribution in [-0.2, 0) is 13.0 Å². The monoisotopic (exact) mass is 358 g/mol. The van der Waals surface area contributed by atoms with Gasteiger partial charge in [-0.1, -0.05) is 12.1 Å². The maximum absolute atomic E-state index is 4.90. The first kappa shape index (κ1) is 16.2. The number of fused-ring (bicyclic) bond motifs is 2. The summed E-state index contributed by atoms with van der Waals surface area (Å²) in [7, 11) is 0. The Labute approximate surface area is 157 Å². The summed E-state index contributed by atoms with van der Waals surface area (Å²) in [6.45, 7) is 5.96. The van der Waals surface area contributed by atoms with Crippen LogP contribution in [0.5, 0.6) is 0 Å². The molecule has 5 rings (SSSR count). The Morgan fingerprint density at radius 1 is 1.22 bits per heavy atom. The molecule has 0 fully saturated rings. The number of pyridine rings is 1. The molecule has 27 heavy (non-hydrogen) atoms. The summed E-state index contributed by atoms with van der Waals surface area (Å²) in [4.78, 5) is 23.1. The number of nitrogens with one attached hydrogen (secondary N) is 2. The summed E-state index contributed by atoms with van der Waals surface area (Å²) in [6.07, 6.45) is 6.51. The van der Waals surface area contributed by atoms with Crippen LogP contribution in [0.3, 0.4) is 0 Å². The van der Waals surface area contributed by atoms with Gasteiger partial charge in [0.1, 0.15) is 5.82 Å². The first-order valence-corrected chi connectivity index (χ1v) is 9.31. The van der Waals surface area contributed by atoms with Gasteiger partial charge in [-0.05, 0) is 42.7 Å². The highest BCUT2D eigenvalue weighted by molar-refractivity contribution is 5.79. The number of nitrogens with zero attached hydrogens (tertiary/aromatic N) is 4. The molecule has 0 spiro atoms. The van der Waals surface area contributed by atoms with E-state index in [-0.39, 0.29) is 6.04 Å². The first-order valence-electron chi connectivity index (χ1n) is 9.31. The molecule has 1 aliphatic rings. The summed E-state index contributed by atoms with van der Waals surface area (Å²) in [5, 5.41) is 0. The van der Waals surface area contributed by atoms with Crippen molar-refractivity contribution in [3.63, 3.8) is 0 Å². The number of imidazole rings is 2. The highest BCUT2D eigenvalue weighted by Crippen LogP contribution is 2.34. The highest BCUT2D eigenvalue weighted by Gasteiger charge is 2.31. The fraction of sp³-hybridized carbons (Fsp3) is 0.286. The normalized spacial score (nSPS) is 17.3. The average Bonchev–Trinajstić information content (AvgIpc) is 3.32. The quantitative estimate of drug-likeness (QED) is 0.588. The van der Waals surface area contributed by atoms with E-state index in [9.17, 15) is 0 Å². The summed E-state index contributed by atoms with van der Waals surface area (Å²) in [6, 6.07) is 8.47. The van der Waals surface area contributed by atoms with Crippen LogP contribution in [-0.4, -0.2) is 36.4 Å². The van der Waals surface area contributed by atoms with Crippen molar-refractivity contribution in [2.45, 2.75) is 32.9 Å². The third kappa shape index (κ3) is 2.73. The van der Waals surface area contributed by atoms with Crippen LogP contribution < -0.4 is 0 Å². The molecule has 0 saturated carbocycles. The lowest BCUT2D eigenvalue weighted by Crippen LogP contribution is -2.36. The van der Waals surface area contributed by atoms with Crippen molar-refractivity contribution in [2.24, 2.45) is 0 Å². The van der Waals surface area contributed by atoms with E-state index in [4.69, 9.17) is 4.98 Å². The Balaban J connectivity index is 1.53. The van der Waals surface area contributed by atoms with Crippen molar-refractivity contribution >= 4 is 11.0 Å². The molecule has 1 aliphatic heterocycles. The number of hydrogen-bond donors (Lipinski definition) is 2. The van der Waals surface area contributed by atoms with E-state index >= 15 is 0 Å². The molecule has 0 saturated heterocycles. The Morgan fingerprint density at radius 3 is 3.00 bits per heavy atom. The van der Waals surface area contributed by atoms with Crippen molar-refractivity contribution in [1.29, 1.82) is 0 Å². The van der Waals surface area contributed by atoms with E-state index in [2.05, 4.69) is 56.9 Å². The van der Waals surface area contributed by atoms with E-state index in [1.807, 2.05) is 18.5 Å². The third-order valence-electron chi connectivity index (χ3n) is 5.61. The predicted molar refractivity (Wildman–Crippen MR) is 104 cm³/mol. The molecule has 136 valence electrons. The molecule has 4 aromatic rings. The van der Waals surface area contributed by atoms with Crippen LogP contribution in [0.25, 0.3) is 11.0 Å². The van der Waals surface area contributed by atoms with Crippen LogP contribution >= 0.6 is 0 Å². The zero-order chi connectivity index (χ0) is 18.4. The zero-order valence-corrected chi connectivity index (χ0v) is 15.5. The van der Waals surface area contributed by atoms with Crippen LogP contribution in [0, 0.1) is 13.8 Å². The molecule has 6 nitrogen and oxygen atoms in total. The van der Waals surface area contributed by atoms with E-state index < -0.39 is 0 Å². The zero-order valence-electron chi connectivity index (χ0n) is 15.5. The number of hydrogen-bond acceptors (Lipinski definition) is 4. The lowest BCUT2D eigenvalue weighted by molar-refractivity contribution is 0.196. The molecule has 1 aromatic carbocycles. The van der Waals surface area contributed by atoms with Crippen LogP contribution in [0.15, 0.2) is 43.0 Å². The number of aromatic amines is 2. The largest absolute Gasteiger partial charge is 0.348 e. The Bertz CT molecular complexity index is 1090. The molecule has 4 heterocycles. The molecule has 2 N–H and O–H groups in total. The molecule has 0 unspecified atom stereocenters. The van der Waals surface area contributed by atoms with Crippen molar-refractivity contribution in [1.82, 2.24) is 29.8 Å². The van der Waals surface area contributed by atoms with Crippen molar-refractivity contribution in [2.75, 3.05) is 6.54 Å². The second-order valence-electron chi connectivity index (χ2n) is 7.26. The summed E-state index contributed by atoms with van der Waals surface area (Å²) in [5.41, 5.74) is 8.16. The molecule has 3 aromatic heterocycles. The maximum atomic E-state index is 4.90. The molecule has 1 atom stereocenters. The second kappa shape index (κ2) is 6.32. The number of aromatic nitrogens is 5. The Kier molecular flexibility index (Phi) is 3.79. The SMILES string of the molecule is Cc1ccc2[nH]c(CN3CCc4[nH]cnc4[C@@H]3c3cccnc3)nc2c1C. The van der Waals surface area contributed by atoms with Gasteiger partial charge in [-0.25, -0.2) is 9.97 Å². The second-order valence-corrected chi connectivity index (χ2v) is 7.26. The van der Waals surface area contributed by atoms with E-state index in [1.165, 1.54) is 16.8 Å². The summed E-state index contributed by atoms with van der Waals surface area (Å²) >= 11 is 0.